The van der Waals surface area contributed by atoms with Crippen molar-refractivity contribution in [1.29, 1.82) is 0 Å². The Balaban J connectivity index is 2.78. The predicted octanol–water partition coefficient (Wildman–Crippen LogP) is 3.47. The van der Waals surface area contributed by atoms with E-state index in [1.165, 1.54) is 11.8 Å². The highest BCUT2D eigenvalue weighted by Gasteiger charge is 2.09. The number of halogens is 1. The molecule has 0 unspecified atom stereocenters. The fourth-order valence-corrected chi connectivity index (χ4v) is 2.58. The van der Waals surface area contributed by atoms with Crippen LogP contribution in [0.5, 0.6) is 5.06 Å². The van der Waals surface area contributed by atoms with Gasteiger partial charge < -0.3 is 5.11 Å². The largest absolute Gasteiger partial charge is 0.499 e. The van der Waals surface area contributed by atoms with Crippen LogP contribution in [-0.4, -0.2) is 11.4 Å². The standard InChI is InChI=1S/C9H7FOS2/c1-12-6-3-2-5-4-7(11)13-9(5)8(6)10/h2-4,11H,1H3. The van der Waals surface area contributed by atoms with Gasteiger partial charge in [-0.25, -0.2) is 4.39 Å². The Morgan fingerprint density at radius 1 is 1.46 bits per heavy atom. The summed E-state index contributed by atoms with van der Waals surface area (Å²) < 4.78 is 14.1. The van der Waals surface area contributed by atoms with Crippen molar-refractivity contribution in [2.75, 3.05) is 6.26 Å². The Morgan fingerprint density at radius 3 is 2.92 bits per heavy atom. The smallest absolute Gasteiger partial charge is 0.172 e. The molecule has 13 heavy (non-hydrogen) atoms. The Labute approximate surface area is 83.2 Å². The highest BCUT2D eigenvalue weighted by atomic mass is 32.2. The van der Waals surface area contributed by atoms with Gasteiger partial charge in [0.2, 0.25) is 0 Å². The average Bonchev–Trinajstić information content (AvgIpc) is 2.47. The first kappa shape index (κ1) is 8.84. The lowest BCUT2D eigenvalue weighted by Crippen LogP contribution is -1.78. The minimum atomic E-state index is -0.227. The number of aromatic hydroxyl groups is 1. The lowest BCUT2D eigenvalue weighted by atomic mass is 10.2. The van der Waals surface area contributed by atoms with Crippen LogP contribution in [0.1, 0.15) is 0 Å². The van der Waals surface area contributed by atoms with E-state index in [9.17, 15) is 9.50 Å². The summed E-state index contributed by atoms with van der Waals surface area (Å²) in [5, 5.41) is 10.1. The second-order valence-electron chi connectivity index (χ2n) is 2.58. The Hall–Kier alpha value is -0.740. The predicted molar refractivity (Wildman–Crippen MR) is 55.2 cm³/mol. The van der Waals surface area contributed by atoms with Gasteiger partial charge in [-0.1, -0.05) is 17.4 Å². The number of fused-ring (bicyclic) bond motifs is 1. The van der Waals surface area contributed by atoms with Crippen LogP contribution >= 0.6 is 23.1 Å². The number of thiophene rings is 1. The number of benzene rings is 1. The normalized spacial score (nSPS) is 10.9. The van der Waals surface area contributed by atoms with Crippen molar-refractivity contribution in [3.8, 4) is 5.06 Å². The first-order valence-corrected chi connectivity index (χ1v) is 5.71. The van der Waals surface area contributed by atoms with E-state index in [0.29, 0.717) is 9.60 Å². The van der Waals surface area contributed by atoms with Gasteiger partial charge in [-0.05, 0) is 23.8 Å². The molecule has 4 heteroatoms. The van der Waals surface area contributed by atoms with Crippen LogP contribution in [0.3, 0.4) is 0 Å². The molecule has 2 aromatic rings. The molecule has 0 saturated carbocycles. The first-order valence-electron chi connectivity index (χ1n) is 3.67. The highest BCUT2D eigenvalue weighted by Crippen LogP contribution is 2.35. The Bertz CT molecular complexity index is 450. The van der Waals surface area contributed by atoms with Crippen molar-refractivity contribution >= 4 is 33.2 Å². The van der Waals surface area contributed by atoms with Crippen molar-refractivity contribution in [3.05, 3.63) is 24.0 Å². The summed E-state index contributed by atoms with van der Waals surface area (Å²) in [4.78, 5) is 0.620. The minimum Gasteiger partial charge on any atom is -0.499 e. The molecular weight excluding hydrogens is 207 g/mol. The van der Waals surface area contributed by atoms with Crippen molar-refractivity contribution in [2.45, 2.75) is 4.90 Å². The average molecular weight is 214 g/mol. The number of rotatable bonds is 1. The summed E-state index contributed by atoms with van der Waals surface area (Å²) in [7, 11) is 0. The maximum atomic E-state index is 13.6. The second-order valence-corrected chi connectivity index (χ2v) is 4.46. The molecular formula is C9H7FOS2. The molecule has 0 atom stereocenters. The molecule has 1 N–H and O–H groups in total. The van der Waals surface area contributed by atoms with E-state index in [4.69, 9.17) is 0 Å². The molecule has 0 bridgehead atoms. The third kappa shape index (κ3) is 1.40. The maximum absolute atomic E-state index is 13.6. The fourth-order valence-electron chi connectivity index (χ4n) is 1.20. The second kappa shape index (κ2) is 3.20. The summed E-state index contributed by atoms with van der Waals surface area (Å²) >= 11 is 2.45. The molecule has 68 valence electrons. The molecule has 0 amide bonds. The molecule has 1 nitrogen and oxygen atoms in total. The molecule has 0 aliphatic rings. The van der Waals surface area contributed by atoms with Gasteiger partial charge in [0.25, 0.3) is 0 Å². The van der Waals surface area contributed by atoms with Gasteiger partial charge in [-0.15, -0.1) is 11.8 Å². The minimum absolute atomic E-state index is 0.159. The van der Waals surface area contributed by atoms with Crippen LogP contribution in [0.15, 0.2) is 23.1 Å². The summed E-state index contributed by atoms with van der Waals surface area (Å²) in [5.41, 5.74) is 0. The zero-order valence-electron chi connectivity index (χ0n) is 6.87. The molecule has 1 heterocycles. The summed E-state index contributed by atoms with van der Waals surface area (Å²) in [5.74, 6) is -0.227. The van der Waals surface area contributed by atoms with Gasteiger partial charge in [0.05, 0.1) is 4.70 Å². The van der Waals surface area contributed by atoms with Gasteiger partial charge >= 0.3 is 0 Å². The van der Waals surface area contributed by atoms with Gasteiger partial charge in [-0.3, -0.25) is 0 Å². The zero-order chi connectivity index (χ0) is 9.42. The summed E-state index contributed by atoms with van der Waals surface area (Å²) in [6.07, 6.45) is 1.83. The molecule has 2 rings (SSSR count). The van der Waals surface area contributed by atoms with E-state index < -0.39 is 0 Å². The van der Waals surface area contributed by atoms with Crippen molar-refractivity contribution in [2.24, 2.45) is 0 Å². The quantitative estimate of drug-likeness (QED) is 0.733. The maximum Gasteiger partial charge on any atom is 0.172 e. The molecule has 0 aliphatic carbocycles. The molecule has 0 saturated heterocycles. The van der Waals surface area contributed by atoms with Gasteiger partial charge in [0.15, 0.2) is 10.9 Å². The van der Waals surface area contributed by atoms with E-state index in [-0.39, 0.29) is 10.9 Å². The van der Waals surface area contributed by atoms with E-state index >= 15 is 0 Å². The lowest BCUT2D eigenvalue weighted by molar-refractivity contribution is 0.491. The highest BCUT2D eigenvalue weighted by molar-refractivity contribution is 7.98. The van der Waals surface area contributed by atoms with Gasteiger partial charge in [0, 0.05) is 4.90 Å². The van der Waals surface area contributed by atoms with Gasteiger partial charge in [0.1, 0.15) is 0 Å². The topological polar surface area (TPSA) is 20.2 Å². The van der Waals surface area contributed by atoms with Crippen LogP contribution < -0.4 is 0 Å². The van der Waals surface area contributed by atoms with E-state index in [2.05, 4.69) is 0 Å². The van der Waals surface area contributed by atoms with Crippen molar-refractivity contribution in [3.63, 3.8) is 0 Å². The lowest BCUT2D eigenvalue weighted by Gasteiger charge is -1.98. The summed E-state index contributed by atoms with van der Waals surface area (Å²) in [6.45, 7) is 0. The molecule has 1 aromatic carbocycles. The van der Waals surface area contributed by atoms with Crippen molar-refractivity contribution < 1.29 is 9.50 Å². The molecule has 0 aliphatic heterocycles. The van der Waals surface area contributed by atoms with E-state index in [1.54, 1.807) is 12.1 Å². The number of hydrogen-bond donors (Lipinski definition) is 1. The van der Waals surface area contributed by atoms with Crippen molar-refractivity contribution in [1.82, 2.24) is 0 Å². The first-order chi connectivity index (χ1) is 6.22. The number of thioether (sulfide) groups is 1. The van der Waals surface area contributed by atoms with Crippen LogP contribution in [0.2, 0.25) is 0 Å². The zero-order valence-corrected chi connectivity index (χ0v) is 8.51. The van der Waals surface area contributed by atoms with E-state index in [1.807, 2.05) is 12.3 Å². The Kier molecular flexibility index (Phi) is 2.17. The third-order valence-electron chi connectivity index (χ3n) is 1.80. The SMILES string of the molecule is CSc1ccc2cc(O)sc2c1F. The Morgan fingerprint density at radius 2 is 2.23 bits per heavy atom. The van der Waals surface area contributed by atoms with Crippen LogP contribution in [0.25, 0.3) is 10.1 Å². The molecule has 1 aromatic heterocycles. The fraction of sp³-hybridized carbons (Fsp3) is 0.111. The van der Waals surface area contributed by atoms with Gasteiger partial charge in [-0.2, -0.15) is 0 Å². The molecule has 0 spiro atoms. The van der Waals surface area contributed by atoms with Crippen LogP contribution in [0.4, 0.5) is 4.39 Å². The molecule has 0 fully saturated rings. The van der Waals surface area contributed by atoms with Crippen LogP contribution in [-0.2, 0) is 0 Å². The third-order valence-corrected chi connectivity index (χ3v) is 3.50. The summed E-state index contributed by atoms with van der Waals surface area (Å²) in [6, 6.07) is 5.13. The van der Waals surface area contributed by atoms with Crippen LogP contribution in [0, 0.1) is 5.82 Å². The monoisotopic (exact) mass is 214 g/mol. The number of hydrogen-bond acceptors (Lipinski definition) is 3. The molecule has 0 radical (unpaired) electrons. The van der Waals surface area contributed by atoms with E-state index in [0.717, 1.165) is 16.7 Å².